The van der Waals surface area contributed by atoms with Crippen molar-refractivity contribution >= 4 is 33.5 Å². The van der Waals surface area contributed by atoms with Crippen molar-refractivity contribution in [1.82, 2.24) is 10.6 Å². The maximum Gasteiger partial charge on any atom is 0.225 e. The fourth-order valence-electron chi connectivity index (χ4n) is 2.97. The summed E-state index contributed by atoms with van der Waals surface area (Å²) in [6, 6.07) is 12.8. The molecule has 26 heavy (non-hydrogen) atoms. The third-order valence-electron chi connectivity index (χ3n) is 4.31. The van der Waals surface area contributed by atoms with E-state index in [1.54, 1.807) is 19.2 Å². The first-order valence-corrected chi connectivity index (χ1v) is 9.13. The molecule has 1 unspecified atom stereocenters. The summed E-state index contributed by atoms with van der Waals surface area (Å²) in [4.78, 5) is 16.1. The molecule has 0 radical (unpaired) electrons. The second kappa shape index (κ2) is 8.31. The average molecular weight is 419 g/mol. The second-order valence-electron chi connectivity index (χ2n) is 6.08. The van der Waals surface area contributed by atoms with Crippen LogP contribution < -0.4 is 16.0 Å². The Labute approximate surface area is 160 Å². The van der Waals surface area contributed by atoms with Crippen molar-refractivity contribution in [2.45, 2.75) is 18.9 Å². The van der Waals surface area contributed by atoms with Crippen LogP contribution >= 0.6 is 15.9 Å². The zero-order valence-electron chi connectivity index (χ0n) is 14.4. The fraction of sp³-hybridized carbons (Fsp3) is 0.263. The number of para-hydroxylation sites is 1. The van der Waals surface area contributed by atoms with Crippen LogP contribution in [0.2, 0.25) is 0 Å². The monoisotopic (exact) mass is 418 g/mol. The van der Waals surface area contributed by atoms with Crippen molar-refractivity contribution in [1.29, 1.82) is 0 Å². The summed E-state index contributed by atoms with van der Waals surface area (Å²) < 4.78 is 14.6. The van der Waals surface area contributed by atoms with Crippen molar-refractivity contribution in [2.24, 2.45) is 4.99 Å². The summed E-state index contributed by atoms with van der Waals surface area (Å²) in [5, 5.41) is 9.22. The molecule has 0 saturated carbocycles. The van der Waals surface area contributed by atoms with Crippen molar-refractivity contribution in [3.63, 3.8) is 0 Å². The topological polar surface area (TPSA) is 65.5 Å². The number of aliphatic imine (C=N–C) groups is 1. The quantitative estimate of drug-likeness (QED) is 0.526. The van der Waals surface area contributed by atoms with Gasteiger partial charge < -0.3 is 16.0 Å². The summed E-state index contributed by atoms with van der Waals surface area (Å²) >= 11 is 3.25. The number of halogens is 2. The van der Waals surface area contributed by atoms with Gasteiger partial charge in [0.1, 0.15) is 5.82 Å². The zero-order chi connectivity index (χ0) is 18.5. The lowest BCUT2D eigenvalue weighted by molar-refractivity contribution is -0.116. The van der Waals surface area contributed by atoms with Gasteiger partial charge in [-0.25, -0.2) is 4.39 Å². The molecular weight excluding hydrogens is 399 g/mol. The maximum atomic E-state index is 13.9. The molecule has 2 aromatic rings. The molecule has 1 atom stereocenters. The van der Waals surface area contributed by atoms with Gasteiger partial charge in [-0.05, 0) is 23.8 Å². The smallest absolute Gasteiger partial charge is 0.225 e. The van der Waals surface area contributed by atoms with E-state index in [2.05, 4.69) is 36.9 Å². The Bertz CT molecular complexity index is 840. The SMILES string of the molecule is CN=C(NCc1ccc(Br)cc1F)NCC1CC(=O)Nc2ccccc21. The van der Waals surface area contributed by atoms with Crippen LogP contribution in [0.3, 0.4) is 0 Å². The summed E-state index contributed by atoms with van der Waals surface area (Å²) in [5.41, 5.74) is 2.52. The van der Waals surface area contributed by atoms with E-state index in [9.17, 15) is 9.18 Å². The van der Waals surface area contributed by atoms with Gasteiger partial charge in [-0.2, -0.15) is 0 Å². The van der Waals surface area contributed by atoms with Gasteiger partial charge in [0.2, 0.25) is 5.91 Å². The van der Waals surface area contributed by atoms with Gasteiger partial charge in [0.15, 0.2) is 5.96 Å². The van der Waals surface area contributed by atoms with E-state index < -0.39 is 0 Å². The number of benzene rings is 2. The number of fused-ring (bicyclic) bond motifs is 1. The van der Waals surface area contributed by atoms with Crippen LogP contribution in [0, 0.1) is 5.82 Å². The van der Waals surface area contributed by atoms with Gasteiger partial charge in [0.05, 0.1) is 0 Å². The molecule has 0 fully saturated rings. The Morgan fingerprint density at radius 3 is 2.88 bits per heavy atom. The number of hydrogen-bond donors (Lipinski definition) is 3. The minimum absolute atomic E-state index is 0.00961. The van der Waals surface area contributed by atoms with Crippen LogP contribution in [0.5, 0.6) is 0 Å². The summed E-state index contributed by atoms with van der Waals surface area (Å²) in [7, 11) is 1.66. The highest BCUT2D eigenvalue weighted by atomic mass is 79.9. The van der Waals surface area contributed by atoms with Gasteiger partial charge in [-0.15, -0.1) is 0 Å². The number of amides is 1. The minimum atomic E-state index is -0.278. The first-order valence-electron chi connectivity index (χ1n) is 8.34. The van der Waals surface area contributed by atoms with Gasteiger partial charge in [0.25, 0.3) is 0 Å². The molecule has 0 saturated heterocycles. The number of rotatable bonds is 4. The molecule has 0 aromatic heterocycles. The van der Waals surface area contributed by atoms with Gasteiger partial charge in [0, 0.05) is 48.2 Å². The minimum Gasteiger partial charge on any atom is -0.356 e. The number of carbonyl (C=O) groups is 1. The van der Waals surface area contributed by atoms with Crippen molar-refractivity contribution in [3.8, 4) is 0 Å². The Morgan fingerprint density at radius 1 is 1.31 bits per heavy atom. The van der Waals surface area contributed by atoms with E-state index in [-0.39, 0.29) is 17.6 Å². The normalized spacial score (nSPS) is 16.7. The third kappa shape index (κ3) is 4.40. The molecule has 5 nitrogen and oxygen atoms in total. The van der Waals surface area contributed by atoms with Crippen LogP contribution in [0.1, 0.15) is 23.5 Å². The largest absolute Gasteiger partial charge is 0.356 e. The van der Waals surface area contributed by atoms with Crippen LogP contribution in [-0.2, 0) is 11.3 Å². The molecule has 1 amide bonds. The van der Waals surface area contributed by atoms with Gasteiger partial charge in [-0.3, -0.25) is 9.79 Å². The molecule has 136 valence electrons. The predicted octanol–water partition coefficient (Wildman–Crippen LogP) is 3.38. The highest BCUT2D eigenvalue weighted by Gasteiger charge is 2.24. The number of nitrogens with zero attached hydrogens (tertiary/aromatic N) is 1. The molecule has 7 heteroatoms. The Balaban J connectivity index is 1.60. The van der Waals surface area contributed by atoms with E-state index in [1.165, 1.54) is 6.07 Å². The van der Waals surface area contributed by atoms with E-state index in [1.807, 2.05) is 24.3 Å². The molecule has 3 rings (SSSR count). The number of anilines is 1. The lowest BCUT2D eigenvalue weighted by Crippen LogP contribution is -2.40. The number of nitrogens with one attached hydrogen (secondary N) is 3. The molecule has 3 N–H and O–H groups in total. The third-order valence-corrected chi connectivity index (χ3v) is 4.80. The first-order chi connectivity index (χ1) is 12.6. The lowest BCUT2D eigenvalue weighted by atomic mass is 9.90. The van der Waals surface area contributed by atoms with Crippen molar-refractivity contribution in [2.75, 3.05) is 18.9 Å². The molecule has 0 spiro atoms. The van der Waals surface area contributed by atoms with Gasteiger partial charge >= 0.3 is 0 Å². The Kier molecular flexibility index (Phi) is 5.88. The van der Waals surface area contributed by atoms with E-state index in [4.69, 9.17) is 0 Å². The standard InChI is InChI=1S/C19H20BrFN4O/c1-22-19(23-10-12-6-7-14(20)9-16(12)21)24-11-13-8-18(26)25-17-5-3-2-4-15(13)17/h2-7,9,13H,8,10-11H2,1H3,(H,25,26)(H2,22,23,24). The molecule has 0 bridgehead atoms. The van der Waals surface area contributed by atoms with Crippen LogP contribution in [0.25, 0.3) is 0 Å². The molecule has 1 aliphatic rings. The van der Waals surface area contributed by atoms with E-state index in [0.29, 0.717) is 35.5 Å². The van der Waals surface area contributed by atoms with E-state index >= 15 is 0 Å². The van der Waals surface area contributed by atoms with E-state index in [0.717, 1.165) is 11.3 Å². The number of carbonyl (C=O) groups excluding carboxylic acids is 1. The first kappa shape index (κ1) is 18.4. The molecule has 0 aliphatic carbocycles. The molecule has 1 heterocycles. The van der Waals surface area contributed by atoms with Crippen molar-refractivity contribution < 1.29 is 9.18 Å². The molecule has 2 aromatic carbocycles. The summed E-state index contributed by atoms with van der Waals surface area (Å²) in [6.07, 6.45) is 0.419. The Hall–Kier alpha value is -2.41. The van der Waals surface area contributed by atoms with Crippen LogP contribution in [0.15, 0.2) is 51.9 Å². The molecular formula is C19H20BrFN4O. The lowest BCUT2D eigenvalue weighted by Gasteiger charge is -2.26. The van der Waals surface area contributed by atoms with Gasteiger partial charge in [-0.1, -0.05) is 40.2 Å². The maximum absolute atomic E-state index is 13.9. The predicted molar refractivity (Wildman–Crippen MR) is 105 cm³/mol. The summed E-state index contributed by atoms with van der Waals surface area (Å²) in [6.45, 7) is 0.882. The average Bonchev–Trinajstić information content (AvgIpc) is 2.63. The highest BCUT2D eigenvalue weighted by Crippen LogP contribution is 2.31. The zero-order valence-corrected chi connectivity index (χ0v) is 15.9. The second-order valence-corrected chi connectivity index (χ2v) is 6.99. The van der Waals surface area contributed by atoms with Crippen LogP contribution in [-0.4, -0.2) is 25.5 Å². The van der Waals surface area contributed by atoms with Crippen LogP contribution in [0.4, 0.5) is 10.1 Å². The number of hydrogen-bond acceptors (Lipinski definition) is 2. The summed E-state index contributed by atoms with van der Waals surface area (Å²) in [5.74, 6) is 0.356. The van der Waals surface area contributed by atoms with Crippen molar-refractivity contribution in [3.05, 3.63) is 63.9 Å². The molecule has 1 aliphatic heterocycles. The number of guanidine groups is 1. The Morgan fingerprint density at radius 2 is 2.12 bits per heavy atom. The highest BCUT2D eigenvalue weighted by molar-refractivity contribution is 9.10. The fourth-order valence-corrected chi connectivity index (χ4v) is 3.30.